The Labute approximate surface area is 115 Å². The summed E-state index contributed by atoms with van der Waals surface area (Å²) in [5, 5.41) is 11.4. The second-order valence-electron chi connectivity index (χ2n) is 4.55. The molecule has 0 unspecified atom stereocenters. The maximum Gasteiger partial charge on any atom is 0.340 e. The molecule has 0 aliphatic heterocycles. The van der Waals surface area contributed by atoms with Crippen LogP contribution in [0.15, 0.2) is 27.4 Å². The maximum absolute atomic E-state index is 11.8. The summed E-state index contributed by atoms with van der Waals surface area (Å²) in [4.78, 5) is 22.5. The van der Waals surface area contributed by atoms with E-state index >= 15 is 0 Å². The number of aliphatic carboxylic acids is 1. The summed E-state index contributed by atoms with van der Waals surface area (Å²) in [7, 11) is 0. The van der Waals surface area contributed by atoms with Crippen LogP contribution in [0.25, 0.3) is 11.0 Å². The highest BCUT2D eigenvalue weighted by Crippen LogP contribution is 2.24. The number of carboxylic acids is 1. The molecular weight excluding hydrogens is 260 g/mol. The van der Waals surface area contributed by atoms with Gasteiger partial charge in [-0.15, -0.1) is 0 Å². The summed E-state index contributed by atoms with van der Waals surface area (Å²) in [5.41, 5.74) is 0.470. The molecular formula is C15H15O5-. The third-order valence-corrected chi connectivity index (χ3v) is 3.05. The minimum atomic E-state index is -1.30. The minimum Gasteiger partial charge on any atom is -0.550 e. The van der Waals surface area contributed by atoms with E-state index in [4.69, 9.17) is 9.15 Å². The van der Waals surface area contributed by atoms with E-state index in [0.717, 1.165) is 6.42 Å². The number of benzene rings is 1. The van der Waals surface area contributed by atoms with Gasteiger partial charge in [0.25, 0.3) is 0 Å². The number of carbonyl (C=O) groups excluding carboxylic acids is 1. The van der Waals surface area contributed by atoms with E-state index in [0.29, 0.717) is 28.9 Å². The highest BCUT2D eigenvalue weighted by Gasteiger charge is 2.12. The predicted octanol–water partition coefficient (Wildman–Crippen LogP) is 1.18. The summed E-state index contributed by atoms with van der Waals surface area (Å²) in [5.74, 6) is -0.683. The molecule has 0 amide bonds. The normalized spacial score (nSPS) is 10.7. The molecule has 0 atom stereocenters. The first-order chi connectivity index (χ1) is 9.52. The van der Waals surface area contributed by atoms with Crippen LogP contribution < -0.4 is 15.5 Å². The van der Waals surface area contributed by atoms with Gasteiger partial charge in [0.1, 0.15) is 11.3 Å². The van der Waals surface area contributed by atoms with E-state index < -0.39 is 18.0 Å². The lowest BCUT2D eigenvalue weighted by atomic mass is 10.0. The third kappa shape index (κ3) is 2.82. The Morgan fingerprint density at radius 2 is 2.15 bits per heavy atom. The molecule has 1 aromatic heterocycles. The van der Waals surface area contributed by atoms with Crippen molar-refractivity contribution >= 4 is 16.9 Å². The molecule has 0 aliphatic rings. The fourth-order valence-corrected chi connectivity index (χ4v) is 2.03. The van der Waals surface area contributed by atoms with Gasteiger partial charge in [0, 0.05) is 29.4 Å². The summed E-state index contributed by atoms with van der Waals surface area (Å²) < 4.78 is 10.6. The lowest BCUT2D eigenvalue weighted by molar-refractivity contribution is -0.304. The molecule has 1 aromatic carbocycles. The Morgan fingerprint density at radius 1 is 1.40 bits per heavy atom. The van der Waals surface area contributed by atoms with Crippen molar-refractivity contribution in [2.24, 2.45) is 0 Å². The molecule has 0 bridgehead atoms. The van der Waals surface area contributed by atoms with Crippen molar-refractivity contribution in [1.82, 2.24) is 0 Å². The Kier molecular flexibility index (Phi) is 4.08. The molecule has 0 radical (unpaired) electrons. The highest BCUT2D eigenvalue weighted by molar-refractivity contribution is 5.83. The van der Waals surface area contributed by atoms with Gasteiger partial charge in [0.05, 0.1) is 6.61 Å². The fraction of sp³-hybridized carbons (Fsp3) is 0.333. The SMILES string of the molecule is CCCOc1ccc2c(C)c(CC(=O)[O-])c(=O)oc2c1. The van der Waals surface area contributed by atoms with E-state index in [1.54, 1.807) is 25.1 Å². The van der Waals surface area contributed by atoms with Crippen molar-refractivity contribution in [3.05, 3.63) is 39.7 Å². The van der Waals surface area contributed by atoms with Crippen molar-refractivity contribution in [3.63, 3.8) is 0 Å². The molecule has 1 heterocycles. The fourth-order valence-electron chi connectivity index (χ4n) is 2.03. The van der Waals surface area contributed by atoms with Gasteiger partial charge in [-0.1, -0.05) is 6.92 Å². The Hall–Kier alpha value is -2.30. The number of ether oxygens (including phenoxy) is 1. The standard InChI is InChI=1S/C15H16O5/c1-3-6-19-10-4-5-11-9(2)12(8-14(16)17)15(18)20-13(11)7-10/h4-5,7H,3,6,8H2,1-2H3,(H,16,17)/p-1. The van der Waals surface area contributed by atoms with Crippen LogP contribution in [0, 0.1) is 6.92 Å². The van der Waals surface area contributed by atoms with Crippen LogP contribution in [0.5, 0.6) is 5.75 Å². The zero-order valence-corrected chi connectivity index (χ0v) is 11.4. The Morgan fingerprint density at radius 3 is 2.80 bits per heavy atom. The van der Waals surface area contributed by atoms with Gasteiger partial charge in [-0.05, 0) is 31.0 Å². The molecule has 0 fully saturated rings. The van der Waals surface area contributed by atoms with Crippen LogP contribution in [-0.4, -0.2) is 12.6 Å². The van der Waals surface area contributed by atoms with Crippen LogP contribution in [-0.2, 0) is 11.2 Å². The van der Waals surface area contributed by atoms with Crippen LogP contribution in [0.4, 0.5) is 0 Å². The zero-order valence-electron chi connectivity index (χ0n) is 11.4. The van der Waals surface area contributed by atoms with Gasteiger partial charge in [0.2, 0.25) is 0 Å². The lowest BCUT2D eigenvalue weighted by Gasteiger charge is -2.10. The smallest absolute Gasteiger partial charge is 0.340 e. The molecule has 0 saturated carbocycles. The Balaban J connectivity index is 2.52. The first-order valence-electron chi connectivity index (χ1n) is 6.42. The Bertz CT molecular complexity index is 699. The topological polar surface area (TPSA) is 79.6 Å². The molecule has 5 heteroatoms. The van der Waals surface area contributed by atoms with E-state index in [9.17, 15) is 14.7 Å². The number of hydrogen-bond acceptors (Lipinski definition) is 5. The average molecular weight is 275 g/mol. The number of rotatable bonds is 5. The first-order valence-corrected chi connectivity index (χ1v) is 6.42. The lowest BCUT2D eigenvalue weighted by Crippen LogP contribution is -2.27. The second kappa shape index (κ2) is 5.77. The van der Waals surface area contributed by atoms with Gasteiger partial charge in [0.15, 0.2) is 0 Å². The molecule has 0 spiro atoms. The number of carboxylic acid groups (broad SMARTS) is 1. The zero-order chi connectivity index (χ0) is 14.7. The average Bonchev–Trinajstić information content (AvgIpc) is 2.40. The highest BCUT2D eigenvalue weighted by atomic mass is 16.5. The van der Waals surface area contributed by atoms with E-state index in [1.807, 2.05) is 6.92 Å². The number of aryl methyl sites for hydroxylation is 1. The number of hydrogen-bond donors (Lipinski definition) is 0. The van der Waals surface area contributed by atoms with Crippen molar-refractivity contribution in [3.8, 4) is 5.75 Å². The number of fused-ring (bicyclic) bond motifs is 1. The first kappa shape index (κ1) is 14.1. The van der Waals surface area contributed by atoms with Crippen LogP contribution in [0.1, 0.15) is 24.5 Å². The summed E-state index contributed by atoms with van der Waals surface area (Å²) in [6.07, 6.45) is 0.434. The van der Waals surface area contributed by atoms with Gasteiger partial charge in [-0.2, -0.15) is 0 Å². The van der Waals surface area contributed by atoms with E-state index in [1.165, 1.54) is 0 Å². The molecule has 0 saturated heterocycles. The van der Waals surface area contributed by atoms with Crippen molar-refractivity contribution in [2.75, 3.05) is 6.61 Å². The van der Waals surface area contributed by atoms with E-state index in [2.05, 4.69) is 0 Å². The predicted molar refractivity (Wildman–Crippen MR) is 71.7 cm³/mol. The summed E-state index contributed by atoms with van der Waals surface area (Å²) in [6.45, 7) is 4.28. The van der Waals surface area contributed by atoms with Gasteiger partial charge in [-0.3, -0.25) is 0 Å². The minimum absolute atomic E-state index is 0.125. The van der Waals surface area contributed by atoms with Crippen LogP contribution in [0.2, 0.25) is 0 Å². The molecule has 5 nitrogen and oxygen atoms in total. The van der Waals surface area contributed by atoms with Crippen molar-refractivity contribution < 1.29 is 19.1 Å². The van der Waals surface area contributed by atoms with Crippen LogP contribution in [0.3, 0.4) is 0 Å². The third-order valence-electron chi connectivity index (χ3n) is 3.05. The monoisotopic (exact) mass is 275 g/mol. The van der Waals surface area contributed by atoms with Crippen LogP contribution >= 0.6 is 0 Å². The quantitative estimate of drug-likeness (QED) is 0.765. The van der Waals surface area contributed by atoms with Gasteiger partial charge >= 0.3 is 5.63 Å². The molecule has 0 aliphatic carbocycles. The second-order valence-corrected chi connectivity index (χ2v) is 4.55. The molecule has 0 N–H and O–H groups in total. The summed E-state index contributed by atoms with van der Waals surface area (Å²) >= 11 is 0. The van der Waals surface area contributed by atoms with Crippen molar-refractivity contribution in [2.45, 2.75) is 26.7 Å². The molecule has 2 aromatic rings. The molecule has 20 heavy (non-hydrogen) atoms. The van der Waals surface area contributed by atoms with E-state index in [-0.39, 0.29) is 5.56 Å². The summed E-state index contributed by atoms with van der Waals surface area (Å²) in [6, 6.07) is 5.17. The molecule has 106 valence electrons. The largest absolute Gasteiger partial charge is 0.550 e. The van der Waals surface area contributed by atoms with Gasteiger partial charge in [-0.25, -0.2) is 4.79 Å². The van der Waals surface area contributed by atoms with Gasteiger partial charge < -0.3 is 19.1 Å². The maximum atomic E-state index is 11.8. The van der Waals surface area contributed by atoms with Crippen molar-refractivity contribution in [1.29, 1.82) is 0 Å². The molecule has 2 rings (SSSR count). The number of carbonyl (C=O) groups is 1.